The van der Waals surface area contributed by atoms with Crippen molar-refractivity contribution in [1.29, 1.82) is 0 Å². The number of phenols is 1. The molecule has 0 saturated heterocycles. The summed E-state index contributed by atoms with van der Waals surface area (Å²) in [5.74, 6) is 0.381. The lowest BCUT2D eigenvalue weighted by Crippen LogP contribution is -2.37. The molecule has 1 heterocycles. The van der Waals surface area contributed by atoms with E-state index in [-0.39, 0.29) is 6.42 Å². The predicted molar refractivity (Wildman–Crippen MR) is 76.5 cm³/mol. The van der Waals surface area contributed by atoms with Crippen molar-refractivity contribution >= 4 is 5.97 Å². The predicted octanol–water partition coefficient (Wildman–Crippen LogP) is 3.27. The van der Waals surface area contributed by atoms with Gasteiger partial charge in [-0.05, 0) is 63.6 Å². The zero-order chi connectivity index (χ0) is 15.1. The first kappa shape index (κ1) is 14.7. The fraction of sp³-hybridized carbons (Fsp3) is 0.562. The van der Waals surface area contributed by atoms with E-state index in [0.717, 1.165) is 40.8 Å². The van der Waals surface area contributed by atoms with Crippen molar-refractivity contribution in [1.82, 2.24) is 0 Å². The summed E-state index contributed by atoms with van der Waals surface area (Å²) in [7, 11) is 0. The number of carboxylic acids is 1. The molecule has 4 heteroatoms. The third-order valence-electron chi connectivity index (χ3n) is 4.46. The normalized spacial score (nSPS) is 21.2. The van der Waals surface area contributed by atoms with Crippen molar-refractivity contribution in [2.24, 2.45) is 0 Å². The van der Waals surface area contributed by atoms with Crippen molar-refractivity contribution in [3.8, 4) is 11.5 Å². The third kappa shape index (κ3) is 2.47. The summed E-state index contributed by atoms with van der Waals surface area (Å²) in [5.41, 5.74) is 3.28. The van der Waals surface area contributed by atoms with Gasteiger partial charge in [0.15, 0.2) is 0 Å². The van der Waals surface area contributed by atoms with Crippen LogP contribution >= 0.6 is 0 Å². The van der Waals surface area contributed by atoms with E-state index in [1.54, 1.807) is 0 Å². The van der Waals surface area contributed by atoms with E-state index < -0.39 is 11.6 Å². The van der Waals surface area contributed by atoms with Crippen LogP contribution in [0.4, 0.5) is 0 Å². The number of carbonyl (C=O) groups is 1. The lowest BCUT2D eigenvalue weighted by Gasteiger charge is -2.37. The first-order chi connectivity index (χ1) is 9.25. The van der Waals surface area contributed by atoms with Gasteiger partial charge in [-0.25, -0.2) is 0 Å². The lowest BCUT2D eigenvalue weighted by molar-refractivity contribution is -0.138. The average Bonchev–Trinajstić information content (AvgIpc) is 2.41. The summed E-state index contributed by atoms with van der Waals surface area (Å²) >= 11 is 0. The topological polar surface area (TPSA) is 66.8 Å². The molecule has 0 aromatic heterocycles. The van der Waals surface area contributed by atoms with Gasteiger partial charge < -0.3 is 14.9 Å². The Morgan fingerprint density at radius 3 is 2.50 bits per heavy atom. The van der Waals surface area contributed by atoms with Gasteiger partial charge in [-0.2, -0.15) is 0 Å². The van der Waals surface area contributed by atoms with Crippen LogP contribution in [0.3, 0.4) is 0 Å². The molecule has 1 aromatic carbocycles. The Morgan fingerprint density at radius 1 is 1.25 bits per heavy atom. The van der Waals surface area contributed by atoms with Crippen LogP contribution in [-0.4, -0.2) is 21.8 Å². The zero-order valence-corrected chi connectivity index (χ0v) is 12.5. The molecule has 0 bridgehead atoms. The van der Waals surface area contributed by atoms with Gasteiger partial charge in [0.05, 0.1) is 0 Å². The third-order valence-corrected chi connectivity index (χ3v) is 4.46. The molecule has 2 rings (SSSR count). The number of benzene rings is 1. The molecule has 0 saturated carbocycles. The van der Waals surface area contributed by atoms with Crippen LogP contribution in [0, 0.1) is 20.8 Å². The summed E-state index contributed by atoms with van der Waals surface area (Å²) < 4.78 is 6.14. The number of aliphatic carboxylic acids is 1. The summed E-state index contributed by atoms with van der Waals surface area (Å²) in [4.78, 5) is 10.8. The Morgan fingerprint density at radius 2 is 1.90 bits per heavy atom. The number of fused-ring (bicyclic) bond motifs is 1. The fourth-order valence-corrected chi connectivity index (χ4v) is 2.84. The molecule has 1 aliphatic heterocycles. The number of aromatic hydroxyl groups is 1. The van der Waals surface area contributed by atoms with Gasteiger partial charge in [0.25, 0.3) is 0 Å². The molecule has 0 unspecified atom stereocenters. The van der Waals surface area contributed by atoms with E-state index in [9.17, 15) is 9.90 Å². The minimum Gasteiger partial charge on any atom is -0.507 e. The molecule has 1 aromatic rings. The quantitative estimate of drug-likeness (QED) is 0.890. The van der Waals surface area contributed by atoms with Gasteiger partial charge in [-0.3, -0.25) is 4.79 Å². The maximum absolute atomic E-state index is 10.8. The second-order valence-corrected chi connectivity index (χ2v) is 5.98. The molecule has 0 amide bonds. The van der Waals surface area contributed by atoms with E-state index in [4.69, 9.17) is 9.84 Å². The van der Waals surface area contributed by atoms with Crippen molar-refractivity contribution in [3.05, 3.63) is 22.3 Å². The largest absolute Gasteiger partial charge is 0.507 e. The monoisotopic (exact) mass is 278 g/mol. The molecular weight excluding hydrogens is 256 g/mol. The molecule has 0 aliphatic carbocycles. The van der Waals surface area contributed by atoms with E-state index in [2.05, 4.69) is 0 Å². The van der Waals surface area contributed by atoms with E-state index >= 15 is 0 Å². The number of rotatable bonds is 3. The van der Waals surface area contributed by atoms with Crippen LogP contribution in [0.2, 0.25) is 0 Å². The molecular formula is C16H22O4. The van der Waals surface area contributed by atoms with Crippen LogP contribution in [0.15, 0.2) is 0 Å². The van der Waals surface area contributed by atoms with Crippen molar-refractivity contribution in [3.63, 3.8) is 0 Å². The molecule has 0 fully saturated rings. The number of phenolic OH excluding ortho intramolecular Hbond substituents is 1. The highest BCUT2D eigenvalue weighted by atomic mass is 16.5. The molecule has 110 valence electrons. The maximum atomic E-state index is 10.8. The Hall–Kier alpha value is -1.71. The number of carboxylic acid groups (broad SMARTS) is 1. The summed E-state index contributed by atoms with van der Waals surface area (Å²) in [6.07, 6.45) is 2.20. The van der Waals surface area contributed by atoms with Gasteiger partial charge in [-0.1, -0.05) is 0 Å². The Labute approximate surface area is 119 Å². The van der Waals surface area contributed by atoms with Gasteiger partial charge in [0.1, 0.15) is 17.1 Å². The van der Waals surface area contributed by atoms with Crippen LogP contribution in [0.5, 0.6) is 11.5 Å². The molecule has 20 heavy (non-hydrogen) atoms. The highest BCUT2D eigenvalue weighted by molar-refractivity contribution is 5.66. The highest BCUT2D eigenvalue weighted by Crippen LogP contribution is 2.44. The molecule has 2 N–H and O–H groups in total. The Bertz CT molecular complexity index is 562. The van der Waals surface area contributed by atoms with E-state index in [1.165, 1.54) is 0 Å². The summed E-state index contributed by atoms with van der Waals surface area (Å²) in [5, 5.41) is 19.0. The Balaban J connectivity index is 2.37. The molecule has 1 atom stereocenters. The Kier molecular flexibility index (Phi) is 3.67. The molecule has 0 spiro atoms. The van der Waals surface area contributed by atoms with Crippen LogP contribution in [-0.2, 0) is 11.2 Å². The number of ether oxygens (including phenoxy) is 1. The van der Waals surface area contributed by atoms with Gasteiger partial charge in [-0.15, -0.1) is 0 Å². The summed E-state index contributed by atoms with van der Waals surface area (Å²) in [6, 6.07) is 0. The minimum atomic E-state index is -0.796. The molecule has 1 aliphatic rings. The van der Waals surface area contributed by atoms with E-state index in [1.807, 2.05) is 27.7 Å². The second-order valence-electron chi connectivity index (χ2n) is 5.98. The van der Waals surface area contributed by atoms with Crippen LogP contribution < -0.4 is 4.74 Å². The van der Waals surface area contributed by atoms with Gasteiger partial charge >= 0.3 is 5.97 Å². The highest BCUT2D eigenvalue weighted by Gasteiger charge is 2.34. The first-order valence-corrected chi connectivity index (χ1v) is 6.97. The smallest absolute Gasteiger partial charge is 0.303 e. The molecule has 4 nitrogen and oxygen atoms in total. The summed E-state index contributed by atoms with van der Waals surface area (Å²) in [6.45, 7) is 7.69. The second kappa shape index (κ2) is 5.00. The van der Waals surface area contributed by atoms with Crippen LogP contribution in [0.1, 0.15) is 48.4 Å². The first-order valence-electron chi connectivity index (χ1n) is 6.97. The zero-order valence-electron chi connectivity index (χ0n) is 12.5. The number of hydrogen-bond donors (Lipinski definition) is 2. The van der Waals surface area contributed by atoms with Crippen molar-refractivity contribution in [2.75, 3.05) is 0 Å². The van der Waals surface area contributed by atoms with Crippen LogP contribution in [0.25, 0.3) is 0 Å². The van der Waals surface area contributed by atoms with Gasteiger partial charge in [0, 0.05) is 12.0 Å². The van der Waals surface area contributed by atoms with Crippen molar-refractivity contribution in [2.45, 2.75) is 59.0 Å². The van der Waals surface area contributed by atoms with E-state index in [0.29, 0.717) is 12.2 Å². The standard InChI is InChI=1S/C16H22O4/c1-9-10(2)15-12(11(3)14(9)19)5-7-16(4,20-15)8-6-13(17)18/h19H,5-8H2,1-4H3,(H,17,18)/t16-/m0/s1. The SMILES string of the molecule is Cc1c(C)c2c(c(C)c1O)CC[C@@](C)(CCC(=O)O)O2. The van der Waals surface area contributed by atoms with Gasteiger partial charge in [0.2, 0.25) is 0 Å². The maximum Gasteiger partial charge on any atom is 0.303 e. The minimum absolute atomic E-state index is 0.112. The number of hydrogen-bond acceptors (Lipinski definition) is 3. The molecule has 0 radical (unpaired) electrons. The fourth-order valence-electron chi connectivity index (χ4n) is 2.84. The lowest BCUT2D eigenvalue weighted by atomic mass is 9.85. The van der Waals surface area contributed by atoms with Crippen molar-refractivity contribution < 1.29 is 19.7 Å². The average molecular weight is 278 g/mol.